The average molecular weight is 169 g/mol. The summed E-state index contributed by atoms with van der Waals surface area (Å²) in [5, 5.41) is 1.25. The maximum atomic E-state index is 4.03. The first kappa shape index (κ1) is 8.08. The molecule has 0 aliphatic heterocycles. The Morgan fingerprint density at radius 1 is 1.36 bits per heavy atom. The fraction of sp³-hybridized carbons (Fsp3) is 0.125. The lowest BCUT2D eigenvalue weighted by atomic mass is 10.3. The summed E-state index contributed by atoms with van der Waals surface area (Å²) in [5.41, 5.74) is 1.18. The zero-order valence-corrected chi connectivity index (χ0v) is 7.01. The molecule has 0 saturated heterocycles. The molecule has 0 aliphatic rings. The first-order valence-corrected chi connectivity index (χ1v) is 3.23. The number of nitrogens with zero attached hydrogens (tertiary/aromatic N) is 2. The minimum absolute atomic E-state index is 0. The molecule has 3 heteroatoms. The van der Waals surface area contributed by atoms with Crippen LogP contribution in [-0.2, 0) is 7.05 Å². The molecule has 2 heterocycles. The van der Waals surface area contributed by atoms with Crippen LogP contribution >= 0.6 is 12.4 Å². The van der Waals surface area contributed by atoms with Crippen LogP contribution in [0.5, 0.6) is 0 Å². The molecule has 2 aromatic heterocycles. The number of hydrogen-bond acceptors (Lipinski definition) is 1. The van der Waals surface area contributed by atoms with Crippen LogP contribution in [-0.4, -0.2) is 9.55 Å². The van der Waals surface area contributed by atoms with E-state index in [1.807, 2.05) is 31.7 Å². The topological polar surface area (TPSA) is 17.8 Å². The van der Waals surface area contributed by atoms with Crippen molar-refractivity contribution in [3.8, 4) is 0 Å². The van der Waals surface area contributed by atoms with E-state index in [1.165, 1.54) is 10.9 Å². The number of hydrogen-bond donors (Lipinski definition) is 0. The molecule has 0 atom stereocenters. The second-order valence-corrected chi connectivity index (χ2v) is 2.36. The Kier molecular flexibility index (Phi) is 2.15. The SMILES string of the molecule is Cl.Cn1ccc2ccncc21. The van der Waals surface area contributed by atoms with Crippen molar-refractivity contribution in [3.05, 3.63) is 30.7 Å². The summed E-state index contributed by atoms with van der Waals surface area (Å²) in [6.45, 7) is 0. The van der Waals surface area contributed by atoms with Gasteiger partial charge in [0.2, 0.25) is 0 Å². The molecule has 0 spiro atoms. The second kappa shape index (κ2) is 2.93. The summed E-state index contributed by atoms with van der Waals surface area (Å²) in [4.78, 5) is 4.03. The number of aryl methyl sites for hydroxylation is 1. The summed E-state index contributed by atoms with van der Waals surface area (Å²) in [6, 6.07) is 4.09. The van der Waals surface area contributed by atoms with Gasteiger partial charge in [-0.15, -0.1) is 12.4 Å². The van der Waals surface area contributed by atoms with Crippen molar-refractivity contribution in [1.29, 1.82) is 0 Å². The predicted molar refractivity (Wildman–Crippen MR) is 48.0 cm³/mol. The molecule has 58 valence electrons. The van der Waals surface area contributed by atoms with Crippen LogP contribution in [0.15, 0.2) is 30.7 Å². The summed E-state index contributed by atoms with van der Waals surface area (Å²) in [7, 11) is 2.02. The molecule has 0 bridgehead atoms. The molecule has 0 amide bonds. The molecule has 0 N–H and O–H groups in total. The highest BCUT2D eigenvalue weighted by Gasteiger charge is 1.93. The predicted octanol–water partition coefficient (Wildman–Crippen LogP) is 2.00. The number of halogens is 1. The van der Waals surface area contributed by atoms with Gasteiger partial charge in [-0.3, -0.25) is 4.98 Å². The van der Waals surface area contributed by atoms with Crippen LogP contribution in [0.25, 0.3) is 10.9 Å². The van der Waals surface area contributed by atoms with E-state index in [9.17, 15) is 0 Å². The Morgan fingerprint density at radius 2 is 2.18 bits per heavy atom. The van der Waals surface area contributed by atoms with E-state index >= 15 is 0 Å². The van der Waals surface area contributed by atoms with E-state index in [0.29, 0.717) is 0 Å². The molecule has 0 saturated carbocycles. The summed E-state index contributed by atoms with van der Waals surface area (Å²) >= 11 is 0. The minimum Gasteiger partial charge on any atom is -0.349 e. The van der Waals surface area contributed by atoms with Gasteiger partial charge in [0.15, 0.2) is 0 Å². The highest BCUT2D eigenvalue weighted by atomic mass is 35.5. The standard InChI is InChI=1S/C8H8N2.ClH/c1-10-5-3-7-2-4-9-6-8(7)10;/h2-6H,1H3;1H. The van der Waals surface area contributed by atoms with Crippen molar-refractivity contribution < 1.29 is 0 Å². The van der Waals surface area contributed by atoms with Gasteiger partial charge in [-0.1, -0.05) is 0 Å². The van der Waals surface area contributed by atoms with E-state index in [0.717, 1.165) is 0 Å². The van der Waals surface area contributed by atoms with E-state index in [4.69, 9.17) is 0 Å². The van der Waals surface area contributed by atoms with Gasteiger partial charge in [-0.25, -0.2) is 0 Å². The van der Waals surface area contributed by atoms with Gasteiger partial charge in [0.1, 0.15) is 0 Å². The molecule has 0 aliphatic carbocycles. The Balaban J connectivity index is 0.000000605. The Hall–Kier alpha value is -1.02. The molecular weight excluding hydrogens is 160 g/mol. The first-order valence-electron chi connectivity index (χ1n) is 3.23. The zero-order valence-electron chi connectivity index (χ0n) is 6.19. The van der Waals surface area contributed by atoms with Gasteiger partial charge < -0.3 is 4.57 Å². The van der Waals surface area contributed by atoms with Crippen molar-refractivity contribution in [2.75, 3.05) is 0 Å². The molecule has 2 rings (SSSR count). The molecule has 0 unspecified atom stereocenters. The number of rotatable bonds is 0. The number of fused-ring (bicyclic) bond motifs is 1. The van der Waals surface area contributed by atoms with Crippen LogP contribution in [0.3, 0.4) is 0 Å². The van der Waals surface area contributed by atoms with Crippen molar-refractivity contribution in [2.24, 2.45) is 7.05 Å². The van der Waals surface area contributed by atoms with Gasteiger partial charge in [0, 0.05) is 24.8 Å². The lowest BCUT2D eigenvalue weighted by Crippen LogP contribution is -1.83. The summed E-state index contributed by atoms with van der Waals surface area (Å²) < 4.78 is 2.06. The quantitative estimate of drug-likeness (QED) is 0.589. The highest BCUT2D eigenvalue weighted by Crippen LogP contribution is 2.10. The molecule has 11 heavy (non-hydrogen) atoms. The number of aromatic nitrogens is 2. The Labute approximate surface area is 71.3 Å². The fourth-order valence-corrected chi connectivity index (χ4v) is 1.10. The first-order chi connectivity index (χ1) is 4.88. The fourth-order valence-electron chi connectivity index (χ4n) is 1.10. The molecule has 2 nitrogen and oxygen atoms in total. The van der Waals surface area contributed by atoms with Crippen molar-refractivity contribution >= 4 is 23.3 Å². The third-order valence-electron chi connectivity index (χ3n) is 1.69. The van der Waals surface area contributed by atoms with Gasteiger partial charge in [-0.2, -0.15) is 0 Å². The largest absolute Gasteiger partial charge is 0.349 e. The van der Waals surface area contributed by atoms with Crippen LogP contribution < -0.4 is 0 Å². The smallest absolute Gasteiger partial charge is 0.0664 e. The molecule has 0 radical (unpaired) electrons. The van der Waals surface area contributed by atoms with Crippen LogP contribution in [0.2, 0.25) is 0 Å². The van der Waals surface area contributed by atoms with E-state index < -0.39 is 0 Å². The monoisotopic (exact) mass is 168 g/mol. The van der Waals surface area contributed by atoms with Gasteiger partial charge in [0.25, 0.3) is 0 Å². The third kappa shape index (κ3) is 1.21. The normalized spacial score (nSPS) is 9.55. The van der Waals surface area contributed by atoms with E-state index in [1.54, 1.807) is 0 Å². The molecule has 2 aromatic rings. The van der Waals surface area contributed by atoms with Crippen LogP contribution in [0, 0.1) is 0 Å². The van der Waals surface area contributed by atoms with Gasteiger partial charge in [-0.05, 0) is 12.1 Å². The lowest BCUT2D eigenvalue weighted by Gasteiger charge is -1.91. The average Bonchev–Trinajstić information content (AvgIpc) is 2.34. The van der Waals surface area contributed by atoms with Crippen LogP contribution in [0.1, 0.15) is 0 Å². The highest BCUT2D eigenvalue weighted by molar-refractivity contribution is 5.85. The van der Waals surface area contributed by atoms with Crippen molar-refractivity contribution in [3.63, 3.8) is 0 Å². The van der Waals surface area contributed by atoms with E-state index in [2.05, 4.69) is 15.6 Å². The third-order valence-corrected chi connectivity index (χ3v) is 1.69. The van der Waals surface area contributed by atoms with Crippen LogP contribution in [0.4, 0.5) is 0 Å². The summed E-state index contributed by atoms with van der Waals surface area (Å²) in [5.74, 6) is 0. The van der Waals surface area contributed by atoms with Gasteiger partial charge in [0.05, 0.1) is 11.7 Å². The maximum absolute atomic E-state index is 4.03. The lowest BCUT2D eigenvalue weighted by molar-refractivity contribution is 0.965. The van der Waals surface area contributed by atoms with E-state index in [-0.39, 0.29) is 12.4 Å². The zero-order chi connectivity index (χ0) is 6.97. The second-order valence-electron chi connectivity index (χ2n) is 2.36. The maximum Gasteiger partial charge on any atom is 0.0664 e. The van der Waals surface area contributed by atoms with Crippen molar-refractivity contribution in [1.82, 2.24) is 9.55 Å². The Bertz CT molecular complexity index is 354. The molecule has 0 aromatic carbocycles. The molecule has 0 fully saturated rings. The summed E-state index contributed by atoms with van der Waals surface area (Å²) in [6.07, 6.45) is 5.71. The minimum atomic E-state index is 0. The van der Waals surface area contributed by atoms with Crippen molar-refractivity contribution in [2.45, 2.75) is 0 Å². The van der Waals surface area contributed by atoms with Gasteiger partial charge >= 0.3 is 0 Å². The molecular formula is C8H9ClN2. The number of pyridine rings is 1. The Morgan fingerprint density at radius 3 is 2.91 bits per heavy atom.